The molecule has 0 unspecified atom stereocenters. The zero-order valence-electron chi connectivity index (χ0n) is 16.6. The van der Waals surface area contributed by atoms with Crippen LogP contribution < -0.4 is 18.9 Å². The van der Waals surface area contributed by atoms with Gasteiger partial charge in [-0.3, -0.25) is 0 Å². The smallest absolute Gasteiger partial charge is 0.211 e. The number of hydrogen-bond acceptors (Lipinski definition) is 0. The quantitative estimate of drug-likeness (QED) is 0.429. The van der Waals surface area contributed by atoms with Gasteiger partial charge in [-0.15, -0.1) is 6.71 Å². The summed E-state index contributed by atoms with van der Waals surface area (Å²) < 4.78 is 5.04. The molecule has 0 atom stereocenters. The van der Waals surface area contributed by atoms with Crippen LogP contribution >= 0.6 is 0 Å². The fourth-order valence-electron chi connectivity index (χ4n) is 2.52. The van der Waals surface area contributed by atoms with Crippen LogP contribution in [0.2, 0.25) is 32.3 Å². The SMILES string of the molecule is CCC[CH2][Sn]([CH2]CCC)[CH2]CCC.CC[B-](CC)CC.[Li+]. The second-order valence-corrected chi connectivity index (χ2v) is 14.7. The van der Waals surface area contributed by atoms with Gasteiger partial charge in [0.25, 0.3) is 0 Å². The maximum atomic E-state index is 2.33. The van der Waals surface area contributed by atoms with Crippen LogP contribution in [0.5, 0.6) is 0 Å². The van der Waals surface area contributed by atoms with E-state index < -0.39 is 19.8 Å². The van der Waals surface area contributed by atoms with E-state index >= 15 is 0 Å². The zero-order valence-corrected chi connectivity index (χ0v) is 19.4. The van der Waals surface area contributed by atoms with E-state index in [2.05, 4.69) is 41.5 Å². The van der Waals surface area contributed by atoms with E-state index in [0.29, 0.717) is 0 Å². The largest absolute Gasteiger partial charge is 1.00 e. The summed E-state index contributed by atoms with van der Waals surface area (Å²) in [6.07, 6.45) is 12.9. The average Bonchev–Trinajstić information content (AvgIpc) is 2.49. The van der Waals surface area contributed by atoms with Gasteiger partial charge in [0.15, 0.2) is 0 Å². The summed E-state index contributed by atoms with van der Waals surface area (Å²) in [7, 11) is 0. The van der Waals surface area contributed by atoms with Crippen molar-refractivity contribution in [3.8, 4) is 0 Å². The van der Waals surface area contributed by atoms with Gasteiger partial charge in [0, 0.05) is 0 Å². The summed E-state index contributed by atoms with van der Waals surface area (Å²) in [5.74, 6) is 0. The summed E-state index contributed by atoms with van der Waals surface area (Å²) >= 11 is -0.839. The molecular formula is C18H42BLiSn. The van der Waals surface area contributed by atoms with Crippen molar-refractivity contribution >= 4 is 26.5 Å². The molecule has 0 aromatic rings. The Morgan fingerprint density at radius 1 is 0.571 bits per heavy atom. The summed E-state index contributed by atoms with van der Waals surface area (Å²) in [5.41, 5.74) is 0. The zero-order chi connectivity index (χ0) is 15.6. The van der Waals surface area contributed by atoms with Gasteiger partial charge < -0.3 is 0 Å². The molecule has 0 rings (SSSR count). The first-order valence-corrected chi connectivity index (χ1v) is 15.6. The molecular weight excluding hydrogens is 353 g/mol. The molecule has 0 bridgehead atoms. The molecule has 0 aromatic heterocycles. The third-order valence-corrected chi connectivity index (χ3v) is 13.5. The molecule has 0 heterocycles. The van der Waals surface area contributed by atoms with Gasteiger partial charge in [0.2, 0.25) is 0 Å². The van der Waals surface area contributed by atoms with Crippen LogP contribution in [-0.4, -0.2) is 26.5 Å². The number of hydrogen-bond donors (Lipinski definition) is 0. The molecule has 0 saturated heterocycles. The first-order valence-electron chi connectivity index (χ1n) is 9.53. The second kappa shape index (κ2) is 23.7. The van der Waals surface area contributed by atoms with Crippen LogP contribution in [0, 0.1) is 0 Å². The van der Waals surface area contributed by atoms with E-state index in [-0.39, 0.29) is 18.9 Å². The maximum Gasteiger partial charge on any atom is 1.00 e. The predicted molar refractivity (Wildman–Crippen MR) is 102 cm³/mol. The van der Waals surface area contributed by atoms with E-state index in [9.17, 15) is 0 Å². The molecule has 122 valence electrons. The molecule has 0 N–H and O–H groups in total. The van der Waals surface area contributed by atoms with Gasteiger partial charge in [0.05, 0.1) is 0 Å². The Hall–Kier alpha value is 1.46. The molecule has 0 saturated carbocycles. The van der Waals surface area contributed by atoms with Crippen LogP contribution in [0.15, 0.2) is 0 Å². The molecule has 0 fully saturated rings. The van der Waals surface area contributed by atoms with Crippen LogP contribution in [0.1, 0.15) is 80.1 Å². The van der Waals surface area contributed by atoms with Crippen molar-refractivity contribution in [2.75, 3.05) is 0 Å². The fraction of sp³-hybridized carbons (Fsp3) is 1.00. The van der Waals surface area contributed by atoms with E-state index in [1.165, 1.54) is 57.5 Å². The van der Waals surface area contributed by atoms with Crippen molar-refractivity contribution in [3.63, 3.8) is 0 Å². The molecule has 3 heteroatoms. The molecule has 0 aliphatic heterocycles. The van der Waals surface area contributed by atoms with Crippen molar-refractivity contribution in [2.24, 2.45) is 0 Å². The van der Waals surface area contributed by atoms with Crippen LogP contribution in [0.3, 0.4) is 0 Å². The summed E-state index contributed by atoms with van der Waals surface area (Å²) in [6.45, 7) is 14.8. The summed E-state index contributed by atoms with van der Waals surface area (Å²) in [5, 5.41) is 0. The normalized spacial score (nSPS) is 10.3. The molecule has 2 radical (unpaired) electrons. The van der Waals surface area contributed by atoms with Crippen molar-refractivity contribution in [1.82, 2.24) is 0 Å². The van der Waals surface area contributed by atoms with Gasteiger partial charge in [-0.05, 0) is 0 Å². The first kappa shape index (κ1) is 27.3. The topological polar surface area (TPSA) is 0 Å². The van der Waals surface area contributed by atoms with Crippen LogP contribution in [-0.2, 0) is 0 Å². The van der Waals surface area contributed by atoms with Gasteiger partial charge in [0.1, 0.15) is 0 Å². The fourth-order valence-corrected chi connectivity index (χ4v) is 12.0. The predicted octanol–water partition coefficient (Wildman–Crippen LogP) is 4.43. The van der Waals surface area contributed by atoms with Crippen molar-refractivity contribution in [3.05, 3.63) is 0 Å². The molecule has 0 spiro atoms. The Bertz CT molecular complexity index is 139. The standard InChI is InChI=1S/C6H15B.3C4H9.Li.Sn/c1-4-7(5-2)6-3;3*1-3-4-2;;/h4-6H2,1-3H3;3*1,3-4H2,2H3;;/q-1;;;;+1;. The molecule has 0 aliphatic carbocycles. The Morgan fingerprint density at radius 2 is 0.857 bits per heavy atom. The second-order valence-electron chi connectivity index (χ2n) is 6.15. The minimum absolute atomic E-state index is 0. The molecule has 21 heavy (non-hydrogen) atoms. The molecule has 0 amide bonds. The molecule has 0 aliphatic rings. The van der Waals surface area contributed by atoms with E-state index in [1.807, 2.05) is 0 Å². The Labute approximate surface area is 157 Å². The van der Waals surface area contributed by atoms with Gasteiger partial charge in [-0.25, -0.2) is 19.0 Å². The van der Waals surface area contributed by atoms with Crippen LogP contribution in [0.4, 0.5) is 0 Å². The van der Waals surface area contributed by atoms with Crippen molar-refractivity contribution in [1.29, 1.82) is 0 Å². The Balaban J connectivity index is -0.000000347. The number of rotatable bonds is 12. The van der Waals surface area contributed by atoms with E-state index in [1.54, 1.807) is 13.3 Å². The first-order chi connectivity index (χ1) is 9.69. The molecule has 0 aromatic carbocycles. The maximum absolute atomic E-state index is 2.33. The Morgan fingerprint density at radius 3 is 1.00 bits per heavy atom. The summed E-state index contributed by atoms with van der Waals surface area (Å²) in [4.78, 5) is 0. The van der Waals surface area contributed by atoms with Gasteiger partial charge in [-0.1, -0.05) is 20.8 Å². The van der Waals surface area contributed by atoms with E-state index in [4.69, 9.17) is 0 Å². The summed E-state index contributed by atoms with van der Waals surface area (Å²) in [6, 6.07) is 0. The van der Waals surface area contributed by atoms with Crippen molar-refractivity contribution in [2.45, 2.75) is 112 Å². The molecule has 0 nitrogen and oxygen atoms in total. The van der Waals surface area contributed by atoms with E-state index in [0.717, 1.165) is 6.71 Å². The minimum Gasteiger partial charge on any atom is -0.211 e. The van der Waals surface area contributed by atoms with Crippen LogP contribution in [0.25, 0.3) is 0 Å². The van der Waals surface area contributed by atoms with Gasteiger partial charge >= 0.3 is 111 Å². The third-order valence-electron chi connectivity index (χ3n) is 4.38. The van der Waals surface area contributed by atoms with Gasteiger partial charge in [-0.2, -0.15) is 0 Å². The monoisotopic (exact) mass is 396 g/mol. The number of unbranched alkanes of at least 4 members (excludes halogenated alkanes) is 3. The minimum atomic E-state index is -0.839. The average molecular weight is 395 g/mol. The van der Waals surface area contributed by atoms with Crippen molar-refractivity contribution < 1.29 is 18.9 Å². The third kappa shape index (κ3) is 21.5. The Kier molecular flexibility index (Phi) is 30.9.